The molecule has 0 bridgehead atoms. The zero-order chi connectivity index (χ0) is 20.1. The molecule has 3 N–H and O–H groups in total. The van der Waals surface area contributed by atoms with Crippen molar-refractivity contribution in [3.8, 4) is 5.82 Å². The van der Waals surface area contributed by atoms with E-state index in [4.69, 9.17) is 11.6 Å². The van der Waals surface area contributed by atoms with E-state index in [0.29, 0.717) is 30.4 Å². The molecule has 2 aromatic heterocycles. The summed E-state index contributed by atoms with van der Waals surface area (Å²) in [5.74, 6) is 0.672. The van der Waals surface area contributed by atoms with E-state index in [-0.39, 0.29) is 5.02 Å². The zero-order valence-electron chi connectivity index (χ0n) is 15.3. The summed E-state index contributed by atoms with van der Waals surface area (Å²) in [7, 11) is 0. The highest BCUT2D eigenvalue weighted by atomic mass is 35.5. The second-order valence-corrected chi connectivity index (χ2v) is 6.46. The van der Waals surface area contributed by atoms with Gasteiger partial charge in [-0.05, 0) is 50.2 Å². The number of nitrogens with one attached hydrogen (secondary N) is 3. The first kappa shape index (κ1) is 19.6. The molecule has 146 valence electrons. The number of benzene rings is 1. The van der Waals surface area contributed by atoms with E-state index in [2.05, 4.69) is 31.2 Å². The number of carbonyl (C=O) groups excluding carboxylic acids is 1. The lowest BCUT2D eigenvalue weighted by Crippen LogP contribution is -2.32. The maximum absolute atomic E-state index is 13.1. The topological polar surface area (TPSA) is 96.8 Å². The molecule has 0 saturated heterocycles. The number of urea groups is 1. The van der Waals surface area contributed by atoms with Crippen LogP contribution < -0.4 is 16.0 Å². The zero-order valence-corrected chi connectivity index (χ0v) is 16.1. The van der Waals surface area contributed by atoms with E-state index < -0.39 is 11.8 Å². The van der Waals surface area contributed by atoms with Crippen LogP contribution in [-0.4, -0.2) is 39.1 Å². The van der Waals surface area contributed by atoms with E-state index in [1.54, 1.807) is 10.7 Å². The predicted molar refractivity (Wildman–Crippen MR) is 106 cm³/mol. The molecule has 0 aliphatic heterocycles. The fraction of sp³-hybridized carbons (Fsp3) is 0.222. The van der Waals surface area contributed by atoms with Crippen molar-refractivity contribution >= 4 is 29.1 Å². The first-order valence-electron chi connectivity index (χ1n) is 8.53. The number of aromatic nitrogens is 4. The summed E-state index contributed by atoms with van der Waals surface area (Å²) >= 11 is 5.68. The van der Waals surface area contributed by atoms with Gasteiger partial charge in [0.15, 0.2) is 5.82 Å². The molecule has 10 heteroatoms. The highest BCUT2D eigenvalue weighted by molar-refractivity contribution is 6.31. The number of hydrogen-bond acceptors (Lipinski definition) is 5. The minimum atomic E-state index is -0.540. The SMILES string of the molecule is Cc1cc(C)n(-c2ccc(NCCNC(=O)Nc3ccc(F)c(Cl)c3)nn2)n1. The summed E-state index contributed by atoms with van der Waals surface area (Å²) < 4.78 is 14.8. The minimum absolute atomic E-state index is 0.0537. The normalized spacial score (nSPS) is 10.6. The molecule has 0 unspecified atom stereocenters. The number of anilines is 2. The lowest BCUT2D eigenvalue weighted by atomic mass is 10.3. The third-order valence-corrected chi connectivity index (χ3v) is 4.06. The first-order valence-corrected chi connectivity index (χ1v) is 8.91. The summed E-state index contributed by atoms with van der Waals surface area (Å²) in [5, 5.41) is 20.9. The van der Waals surface area contributed by atoms with Crippen LogP contribution in [0, 0.1) is 19.7 Å². The molecule has 0 atom stereocenters. The molecule has 0 aliphatic carbocycles. The van der Waals surface area contributed by atoms with E-state index in [1.807, 2.05) is 26.0 Å². The van der Waals surface area contributed by atoms with Gasteiger partial charge < -0.3 is 16.0 Å². The number of aryl methyl sites for hydroxylation is 2. The highest BCUT2D eigenvalue weighted by Crippen LogP contribution is 2.19. The summed E-state index contributed by atoms with van der Waals surface area (Å²) in [6.45, 7) is 4.66. The Morgan fingerprint density at radius 3 is 2.61 bits per heavy atom. The fourth-order valence-corrected chi connectivity index (χ4v) is 2.69. The Kier molecular flexibility index (Phi) is 6.05. The molecule has 0 radical (unpaired) electrons. The van der Waals surface area contributed by atoms with Crippen LogP contribution in [0.2, 0.25) is 5.02 Å². The van der Waals surface area contributed by atoms with Crippen LogP contribution >= 0.6 is 11.6 Å². The second-order valence-electron chi connectivity index (χ2n) is 6.05. The van der Waals surface area contributed by atoms with Gasteiger partial charge in [-0.25, -0.2) is 13.9 Å². The number of amides is 2. The third-order valence-electron chi connectivity index (χ3n) is 3.77. The Bertz CT molecular complexity index is 975. The van der Waals surface area contributed by atoms with Crippen LogP contribution in [0.4, 0.5) is 20.7 Å². The van der Waals surface area contributed by atoms with Crippen molar-refractivity contribution < 1.29 is 9.18 Å². The quantitative estimate of drug-likeness (QED) is 0.549. The molecule has 2 heterocycles. The standard InChI is InChI=1S/C18H19ClFN7O/c1-11-9-12(2)27(26-11)17-6-5-16(24-25-17)21-7-8-22-18(28)23-13-3-4-15(20)14(19)10-13/h3-6,9-10H,7-8H2,1-2H3,(H,21,24)(H2,22,23,28). The van der Waals surface area contributed by atoms with Crippen LogP contribution in [0.1, 0.15) is 11.4 Å². The van der Waals surface area contributed by atoms with Gasteiger partial charge in [0.05, 0.1) is 10.7 Å². The van der Waals surface area contributed by atoms with Crippen molar-refractivity contribution in [2.45, 2.75) is 13.8 Å². The highest BCUT2D eigenvalue weighted by Gasteiger charge is 2.07. The Labute approximate surface area is 166 Å². The second kappa shape index (κ2) is 8.66. The molecular formula is C18H19ClFN7O. The number of rotatable bonds is 6. The first-order chi connectivity index (χ1) is 13.4. The van der Waals surface area contributed by atoms with Crippen molar-refractivity contribution in [2.24, 2.45) is 0 Å². The van der Waals surface area contributed by atoms with Crippen molar-refractivity contribution in [2.75, 3.05) is 23.7 Å². The molecule has 1 aromatic carbocycles. The Morgan fingerprint density at radius 2 is 1.96 bits per heavy atom. The molecule has 0 aliphatic rings. The Hall–Kier alpha value is -3.20. The van der Waals surface area contributed by atoms with Crippen molar-refractivity contribution in [1.29, 1.82) is 0 Å². The fourth-order valence-electron chi connectivity index (χ4n) is 2.51. The molecule has 0 spiro atoms. The lowest BCUT2D eigenvalue weighted by molar-refractivity contribution is 0.252. The number of nitrogens with zero attached hydrogens (tertiary/aromatic N) is 4. The van der Waals surface area contributed by atoms with E-state index >= 15 is 0 Å². The van der Waals surface area contributed by atoms with Gasteiger partial charge in [-0.3, -0.25) is 0 Å². The van der Waals surface area contributed by atoms with E-state index in [9.17, 15) is 9.18 Å². The molecule has 8 nitrogen and oxygen atoms in total. The summed E-state index contributed by atoms with van der Waals surface area (Å²) in [4.78, 5) is 11.8. The van der Waals surface area contributed by atoms with Gasteiger partial charge in [0.1, 0.15) is 11.6 Å². The van der Waals surface area contributed by atoms with E-state index in [1.165, 1.54) is 18.2 Å². The van der Waals surface area contributed by atoms with Crippen molar-refractivity contribution in [1.82, 2.24) is 25.3 Å². The van der Waals surface area contributed by atoms with Crippen LogP contribution in [0.15, 0.2) is 36.4 Å². The van der Waals surface area contributed by atoms with Crippen LogP contribution in [-0.2, 0) is 0 Å². The van der Waals surface area contributed by atoms with Gasteiger partial charge in [-0.2, -0.15) is 5.10 Å². The average molecular weight is 404 g/mol. The maximum Gasteiger partial charge on any atom is 0.319 e. The minimum Gasteiger partial charge on any atom is -0.367 e. The van der Waals surface area contributed by atoms with Gasteiger partial charge in [0.25, 0.3) is 0 Å². The smallest absolute Gasteiger partial charge is 0.319 e. The van der Waals surface area contributed by atoms with Gasteiger partial charge in [0, 0.05) is 24.5 Å². The summed E-state index contributed by atoms with van der Waals surface area (Å²) in [6.07, 6.45) is 0. The maximum atomic E-state index is 13.1. The molecule has 28 heavy (non-hydrogen) atoms. The van der Waals surface area contributed by atoms with Crippen molar-refractivity contribution in [3.05, 3.63) is 58.6 Å². The van der Waals surface area contributed by atoms with Gasteiger partial charge in [0.2, 0.25) is 0 Å². The molecule has 0 fully saturated rings. The lowest BCUT2D eigenvalue weighted by Gasteiger charge is -2.09. The number of halogens is 2. The summed E-state index contributed by atoms with van der Waals surface area (Å²) in [6, 6.07) is 9.11. The average Bonchev–Trinajstić information content (AvgIpc) is 3.00. The third kappa shape index (κ3) is 4.95. The molecule has 3 aromatic rings. The predicted octanol–water partition coefficient (Wildman–Crippen LogP) is 3.31. The van der Waals surface area contributed by atoms with Crippen LogP contribution in [0.3, 0.4) is 0 Å². The Morgan fingerprint density at radius 1 is 1.14 bits per heavy atom. The molecular weight excluding hydrogens is 385 g/mol. The monoisotopic (exact) mass is 403 g/mol. The van der Waals surface area contributed by atoms with Gasteiger partial charge >= 0.3 is 6.03 Å². The molecule has 2 amide bonds. The Balaban J connectivity index is 1.44. The van der Waals surface area contributed by atoms with Crippen LogP contribution in [0.5, 0.6) is 0 Å². The number of carbonyl (C=O) groups is 1. The van der Waals surface area contributed by atoms with E-state index in [0.717, 1.165) is 11.4 Å². The van der Waals surface area contributed by atoms with Gasteiger partial charge in [-0.1, -0.05) is 11.6 Å². The summed E-state index contributed by atoms with van der Waals surface area (Å²) in [5.41, 5.74) is 2.29. The molecule has 0 saturated carbocycles. The van der Waals surface area contributed by atoms with Crippen LogP contribution in [0.25, 0.3) is 5.82 Å². The van der Waals surface area contributed by atoms with Gasteiger partial charge in [-0.15, -0.1) is 10.2 Å². The molecule has 3 rings (SSSR count). The largest absolute Gasteiger partial charge is 0.367 e. The van der Waals surface area contributed by atoms with Crippen molar-refractivity contribution in [3.63, 3.8) is 0 Å². The number of hydrogen-bond donors (Lipinski definition) is 3.